The van der Waals surface area contributed by atoms with Crippen molar-refractivity contribution in [2.45, 2.75) is 85.9 Å². The van der Waals surface area contributed by atoms with Gasteiger partial charge in [-0.05, 0) is 62.9 Å². The zero-order valence-corrected chi connectivity index (χ0v) is 15.4. The van der Waals surface area contributed by atoms with E-state index in [1.807, 2.05) is 0 Å². The molecule has 1 heteroatoms. The average molecular weight is 303 g/mol. The Hall–Kier alpha value is -0.820. The molecule has 0 N–H and O–H groups in total. The monoisotopic (exact) mass is 302 g/mol. The van der Waals surface area contributed by atoms with Gasteiger partial charge in [0, 0.05) is 0 Å². The van der Waals surface area contributed by atoms with Crippen molar-refractivity contribution in [3.05, 3.63) is 34.9 Å². The van der Waals surface area contributed by atoms with Crippen molar-refractivity contribution in [1.29, 1.82) is 0 Å². The van der Waals surface area contributed by atoms with Crippen LogP contribution >= 0.6 is 0 Å². The number of allylic oxidation sites excluding steroid dienone is 3. The fourth-order valence-corrected chi connectivity index (χ4v) is 3.57. The highest BCUT2D eigenvalue weighted by molar-refractivity contribution is 5.23. The smallest absolute Gasteiger partial charge is 0.0833 e. The van der Waals surface area contributed by atoms with Gasteiger partial charge >= 0.3 is 0 Å². The van der Waals surface area contributed by atoms with E-state index >= 15 is 0 Å². The van der Waals surface area contributed by atoms with Gasteiger partial charge in [0.2, 0.25) is 0 Å². The van der Waals surface area contributed by atoms with Crippen LogP contribution in [0.3, 0.4) is 0 Å². The second kappa shape index (κ2) is 7.17. The summed E-state index contributed by atoms with van der Waals surface area (Å²) in [6.45, 7) is 13.9. The first-order chi connectivity index (χ1) is 10.3. The Morgan fingerprint density at radius 3 is 2.45 bits per heavy atom. The zero-order chi connectivity index (χ0) is 16.3. The summed E-state index contributed by atoms with van der Waals surface area (Å²) in [5.74, 6) is 0.577. The second-order valence-electron chi connectivity index (χ2n) is 8.24. The molecule has 2 heterocycles. The maximum Gasteiger partial charge on any atom is 0.0833 e. The minimum Gasteiger partial charge on any atom is -0.366 e. The third kappa shape index (κ3) is 4.35. The molecule has 0 aromatic heterocycles. The molecule has 1 nitrogen and oxygen atoms in total. The zero-order valence-electron chi connectivity index (χ0n) is 15.4. The highest BCUT2D eigenvalue weighted by Gasteiger charge is 2.37. The SMILES string of the molecule is CC1=CCCC(C)(C)C2C=C(C(C)C)C(CC(C)=CCC1)O2. The van der Waals surface area contributed by atoms with Crippen molar-refractivity contribution in [1.82, 2.24) is 0 Å². The molecule has 0 spiro atoms. The van der Waals surface area contributed by atoms with Crippen LogP contribution in [0.25, 0.3) is 0 Å². The van der Waals surface area contributed by atoms with E-state index in [1.54, 1.807) is 0 Å². The third-order valence-corrected chi connectivity index (χ3v) is 5.28. The normalized spacial score (nSPS) is 29.9. The van der Waals surface area contributed by atoms with E-state index in [1.165, 1.54) is 29.6 Å². The Morgan fingerprint density at radius 1 is 1.09 bits per heavy atom. The van der Waals surface area contributed by atoms with Crippen LogP contribution in [0.15, 0.2) is 34.9 Å². The van der Waals surface area contributed by atoms with Gasteiger partial charge in [0.15, 0.2) is 0 Å². The lowest BCUT2D eigenvalue weighted by atomic mass is 9.81. The molecule has 0 saturated carbocycles. The number of hydrogen-bond acceptors (Lipinski definition) is 1. The molecule has 2 atom stereocenters. The molecule has 2 rings (SSSR count). The van der Waals surface area contributed by atoms with E-state index in [9.17, 15) is 0 Å². The highest BCUT2D eigenvalue weighted by Crippen LogP contribution is 2.40. The van der Waals surface area contributed by atoms with Crippen molar-refractivity contribution in [2.24, 2.45) is 11.3 Å². The van der Waals surface area contributed by atoms with Crippen LogP contribution in [0.4, 0.5) is 0 Å². The number of ether oxygens (including phenoxy) is 1. The summed E-state index contributed by atoms with van der Waals surface area (Å²) in [4.78, 5) is 0. The topological polar surface area (TPSA) is 9.23 Å². The van der Waals surface area contributed by atoms with Crippen molar-refractivity contribution in [3.8, 4) is 0 Å². The minimum atomic E-state index is 0.206. The summed E-state index contributed by atoms with van der Waals surface area (Å²) in [6.07, 6.45) is 13.6. The molecular formula is C21H34O. The molecule has 0 fully saturated rings. The molecule has 0 radical (unpaired) electrons. The molecule has 22 heavy (non-hydrogen) atoms. The second-order valence-corrected chi connectivity index (χ2v) is 8.24. The molecule has 2 aliphatic rings. The standard InChI is InChI=1S/C21H34O/c1-15(2)18-14-20-21(5,6)12-8-11-16(3)9-7-10-17(4)13-19(18)22-20/h10-11,14-15,19-20H,7-9,12-13H2,1-6H3. The Kier molecular flexibility index (Phi) is 5.71. The van der Waals surface area contributed by atoms with Crippen LogP contribution in [0, 0.1) is 11.3 Å². The first-order valence-corrected chi connectivity index (χ1v) is 8.98. The molecule has 124 valence electrons. The number of fused-ring (bicyclic) bond motifs is 2. The van der Waals surface area contributed by atoms with Gasteiger partial charge in [-0.1, -0.05) is 57.1 Å². The van der Waals surface area contributed by atoms with Crippen molar-refractivity contribution >= 4 is 0 Å². The fourth-order valence-electron chi connectivity index (χ4n) is 3.57. The number of hydrogen-bond donors (Lipinski definition) is 0. The summed E-state index contributed by atoms with van der Waals surface area (Å²) in [6, 6.07) is 0. The van der Waals surface area contributed by atoms with E-state index in [-0.39, 0.29) is 17.6 Å². The molecular weight excluding hydrogens is 268 g/mol. The Bertz CT molecular complexity index is 476. The van der Waals surface area contributed by atoms with Gasteiger partial charge in [0.1, 0.15) is 0 Å². The van der Waals surface area contributed by atoms with Crippen LogP contribution in [-0.2, 0) is 4.74 Å². The molecule has 2 bridgehead atoms. The quantitative estimate of drug-likeness (QED) is 0.522. The first-order valence-electron chi connectivity index (χ1n) is 8.98. The van der Waals surface area contributed by atoms with Crippen LogP contribution in [0.2, 0.25) is 0 Å². The van der Waals surface area contributed by atoms with Crippen LogP contribution in [0.1, 0.15) is 73.6 Å². The van der Waals surface area contributed by atoms with Crippen molar-refractivity contribution in [3.63, 3.8) is 0 Å². The molecule has 0 aromatic rings. The first kappa shape index (κ1) is 17.5. The van der Waals surface area contributed by atoms with E-state index in [2.05, 4.69) is 59.8 Å². The minimum absolute atomic E-state index is 0.206. The van der Waals surface area contributed by atoms with Crippen LogP contribution < -0.4 is 0 Å². The average Bonchev–Trinajstić information content (AvgIpc) is 2.82. The van der Waals surface area contributed by atoms with Gasteiger partial charge in [-0.3, -0.25) is 0 Å². The van der Waals surface area contributed by atoms with E-state index < -0.39 is 0 Å². The Balaban J connectivity index is 2.27. The lowest BCUT2D eigenvalue weighted by Gasteiger charge is -2.31. The Labute approximate surface area is 137 Å². The van der Waals surface area contributed by atoms with Crippen molar-refractivity contribution in [2.75, 3.05) is 0 Å². The predicted molar refractivity (Wildman–Crippen MR) is 96.0 cm³/mol. The summed E-state index contributed by atoms with van der Waals surface area (Å²) in [7, 11) is 0. The molecule has 0 amide bonds. The van der Waals surface area contributed by atoms with Gasteiger partial charge in [0.05, 0.1) is 12.2 Å². The molecule has 0 aromatic carbocycles. The summed E-state index contributed by atoms with van der Waals surface area (Å²) in [5, 5.41) is 0. The van der Waals surface area contributed by atoms with Crippen molar-refractivity contribution < 1.29 is 4.74 Å². The van der Waals surface area contributed by atoms with Gasteiger partial charge < -0.3 is 4.74 Å². The number of rotatable bonds is 1. The molecule has 0 saturated heterocycles. The van der Waals surface area contributed by atoms with E-state index in [0.717, 1.165) is 19.3 Å². The highest BCUT2D eigenvalue weighted by atomic mass is 16.5. The fraction of sp³-hybridized carbons (Fsp3) is 0.714. The lowest BCUT2D eigenvalue weighted by Crippen LogP contribution is -2.30. The predicted octanol–water partition coefficient (Wildman–Crippen LogP) is 6.22. The maximum absolute atomic E-state index is 6.51. The summed E-state index contributed by atoms with van der Waals surface area (Å²) in [5.41, 5.74) is 4.72. The van der Waals surface area contributed by atoms with Crippen LogP contribution in [0.5, 0.6) is 0 Å². The molecule has 0 aliphatic carbocycles. The van der Waals surface area contributed by atoms with Gasteiger partial charge in [0.25, 0.3) is 0 Å². The van der Waals surface area contributed by atoms with E-state index in [0.29, 0.717) is 5.92 Å². The maximum atomic E-state index is 6.51. The van der Waals surface area contributed by atoms with Gasteiger partial charge in [-0.15, -0.1) is 0 Å². The van der Waals surface area contributed by atoms with Crippen LogP contribution in [-0.4, -0.2) is 12.2 Å². The lowest BCUT2D eigenvalue weighted by molar-refractivity contribution is -0.0146. The van der Waals surface area contributed by atoms with Gasteiger partial charge in [-0.25, -0.2) is 0 Å². The van der Waals surface area contributed by atoms with E-state index in [4.69, 9.17) is 4.74 Å². The Morgan fingerprint density at radius 2 is 1.77 bits per heavy atom. The summed E-state index contributed by atoms with van der Waals surface area (Å²) < 4.78 is 6.51. The largest absolute Gasteiger partial charge is 0.366 e. The van der Waals surface area contributed by atoms with Gasteiger partial charge in [-0.2, -0.15) is 0 Å². The molecule has 2 aliphatic heterocycles. The summed E-state index contributed by atoms with van der Waals surface area (Å²) >= 11 is 0. The third-order valence-electron chi connectivity index (χ3n) is 5.28. The molecule has 2 unspecified atom stereocenters.